The fourth-order valence-electron chi connectivity index (χ4n) is 2.67. The minimum absolute atomic E-state index is 0.287. The number of aryl methyl sites for hydroxylation is 1. The first kappa shape index (κ1) is 14.8. The molecule has 4 nitrogen and oxygen atoms in total. The molecule has 1 aliphatic rings. The molecule has 1 fully saturated rings. The number of hydrogen-bond donors (Lipinski definition) is 2. The standard InChI is InChI=1S/C16H23N3O/c1-16(13-17,19-11-2-9-18-10-12-19)8-7-14-3-5-15(20)6-4-14/h3-6,18,20H,2,7-12H2,1H3. The Balaban J connectivity index is 1.99. The van der Waals surface area contributed by atoms with Crippen molar-refractivity contribution in [1.29, 1.82) is 5.26 Å². The maximum Gasteiger partial charge on any atom is 0.115 e. The van der Waals surface area contributed by atoms with E-state index >= 15 is 0 Å². The molecular weight excluding hydrogens is 250 g/mol. The van der Waals surface area contributed by atoms with Crippen molar-refractivity contribution < 1.29 is 5.11 Å². The largest absolute Gasteiger partial charge is 0.508 e. The molecule has 0 radical (unpaired) electrons. The third kappa shape index (κ3) is 3.72. The Hall–Kier alpha value is -1.57. The van der Waals surface area contributed by atoms with Crippen LogP contribution in [0.1, 0.15) is 25.3 Å². The highest BCUT2D eigenvalue weighted by molar-refractivity contribution is 5.26. The molecule has 20 heavy (non-hydrogen) atoms. The van der Waals surface area contributed by atoms with Crippen molar-refractivity contribution in [3.8, 4) is 11.8 Å². The van der Waals surface area contributed by atoms with Crippen LogP contribution in [0.2, 0.25) is 0 Å². The SMILES string of the molecule is CC(C#N)(CCc1ccc(O)cc1)N1CCCNCC1. The van der Waals surface area contributed by atoms with Crippen LogP contribution in [0.3, 0.4) is 0 Å². The number of nitriles is 1. The van der Waals surface area contributed by atoms with Crippen LogP contribution < -0.4 is 5.32 Å². The van der Waals surface area contributed by atoms with Crippen molar-refractivity contribution in [1.82, 2.24) is 10.2 Å². The number of rotatable bonds is 4. The van der Waals surface area contributed by atoms with E-state index in [-0.39, 0.29) is 5.75 Å². The molecule has 4 heteroatoms. The molecule has 0 amide bonds. The van der Waals surface area contributed by atoms with Gasteiger partial charge in [0.25, 0.3) is 0 Å². The lowest BCUT2D eigenvalue weighted by Gasteiger charge is -2.35. The summed E-state index contributed by atoms with van der Waals surface area (Å²) in [6.07, 6.45) is 2.76. The maximum absolute atomic E-state index is 9.60. The Labute approximate surface area is 121 Å². The molecule has 1 aliphatic heterocycles. The summed E-state index contributed by atoms with van der Waals surface area (Å²) in [5, 5.41) is 22.3. The molecule has 1 aromatic rings. The molecule has 2 N–H and O–H groups in total. The predicted molar refractivity (Wildman–Crippen MR) is 79.5 cm³/mol. The van der Waals surface area contributed by atoms with Gasteiger partial charge in [-0.15, -0.1) is 0 Å². The van der Waals surface area contributed by atoms with Crippen LogP contribution in [0.5, 0.6) is 5.75 Å². The molecular formula is C16H23N3O. The normalized spacial score (nSPS) is 19.8. The predicted octanol–water partition coefficient (Wildman–Crippen LogP) is 1.90. The van der Waals surface area contributed by atoms with Gasteiger partial charge in [0.05, 0.1) is 6.07 Å². The second-order valence-electron chi connectivity index (χ2n) is 5.64. The molecule has 1 aromatic carbocycles. The van der Waals surface area contributed by atoms with Crippen LogP contribution in [0.4, 0.5) is 0 Å². The fraction of sp³-hybridized carbons (Fsp3) is 0.562. The van der Waals surface area contributed by atoms with E-state index in [9.17, 15) is 10.4 Å². The van der Waals surface area contributed by atoms with E-state index < -0.39 is 5.54 Å². The summed E-state index contributed by atoms with van der Waals surface area (Å²) in [6.45, 7) is 5.94. The average molecular weight is 273 g/mol. The third-order valence-corrected chi connectivity index (χ3v) is 4.12. The van der Waals surface area contributed by atoms with Gasteiger partial charge in [0.1, 0.15) is 11.3 Å². The van der Waals surface area contributed by atoms with Gasteiger partial charge in [-0.3, -0.25) is 4.90 Å². The van der Waals surface area contributed by atoms with Gasteiger partial charge in [0.15, 0.2) is 0 Å². The van der Waals surface area contributed by atoms with E-state index in [1.165, 1.54) is 0 Å². The van der Waals surface area contributed by atoms with Gasteiger partial charge in [-0.05, 0) is 50.4 Å². The van der Waals surface area contributed by atoms with Crippen LogP contribution in [-0.2, 0) is 6.42 Å². The Morgan fingerprint density at radius 3 is 2.75 bits per heavy atom. The summed E-state index contributed by atoms with van der Waals surface area (Å²) in [6, 6.07) is 9.77. The zero-order chi connectivity index (χ0) is 14.4. The van der Waals surface area contributed by atoms with Crippen LogP contribution in [0.15, 0.2) is 24.3 Å². The lowest BCUT2D eigenvalue weighted by Crippen LogP contribution is -2.47. The van der Waals surface area contributed by atoms with E-state index in [0.29, 0.717) is 0 Å². The van der Waals surface area contributed by atoms with Gasteiger partial charge in [0.2, 0.25) is 0 Å². The molecule has 108 valence electrons. The second kappa shape index (κ2) is 6.74. The van der Waals surface area contributed by atoms with Gasteiger partial charge < -0.3 is 10.4 Å². The number of benzene rings is 1. The number of phenols is 1. The molecule has 0 bridgehead atoms. The molecule has 1 atom stereocenters. The highest BCUT2D eigenvalue weighted by atomic mass is 16.3. The van der Waals surface area contributed by atoms with Crippen LogP contribution in [0, 0.1) is 11.3 Å². The van der Waals surface area contributed by atoms with Crippen molar-refractivity contribution in [2.75, 3.05) is 26.2 Å². The first-order valence-electron chi connectivity index (χ1n) is 7.29. The smallest absolute Gasteiger partial charge is 0.115 e. The Morgan fingerprint density at radius 1 is 1.30 bits per heavy atom. The van der Waals surface area contributed by atoms with Crippen molar-refractivity contribution in [2.24, 2.45) is 0 Å². The highest BCUT2D eigenvalue weighted by Crippen LogP contribution is 2.23. The summed E-state index contributed by atoms with van der Waals surface area (Å²) in [7, 11) is 0. The van der Waals surface area contributed by atoms with Gasteiger partial charge >= 0.3 is 0 Å². The number of phenolic OH excluding ortho intramolecular Hbond substituents is 1. The zero-order valence-electron chi connectivity index (χ0n) is 12.1. The molecule has 0 spiro atoms. The van der Waals surface area contributed by atoms with Gasteiger partial charge in [-0.25, -0.2) is 0 Å². The molecule has 0 aliphatic carbocycles. The minimum Gasteiger partial charge on any atom is -0.508 e. The van der Waals surface area contributed by atoms with Crippen LogP contribution in [0.25, 0.3) is 0 Å². The average Bonchev–Trinajstić information content (AvgIpc) is 2.76. The Morgan fingerprint density at radius 2 is 2.05 bits per heavy atom. The summed E-state index contributed by atoms with van der Waals surface area (Å²) in [5.74, 6) is 0.287. The molecule has 1 unspecified atom stereocenters. The van der Waals surface area contributed by atoms with Crippen molar-refractivity contribution >= 4 is 0 Å². The molecule has 0 aromatic heterocycles. The topological polar surface area (TPSA) is 59.3 Å². The number of aromatic hydroxyl groups is 1. The summed E-state index contributed by atoms with van der Waals surface area (Å²) in [5.41, 5.74) is 0.751. The van der Waals surface area contributed by atoms with Gasteiger partial charge in [-0.1, -0.05) is 12.1 Å². The van der Waals surface area contributed by atoms with E-state index in [0.717, 1.165) is 51.0 Å². The Kier molecular flexibility index (Phi) is 4.99. The zero-order valence-corrected chi connectivity index (χ0v) is 12.1. The quantitative estimate of drug-likeness (QED) is 0.879. The monoisotopic (exact) mass is 273 g/mol. The number of hydrogen-bond acceptors (Lipinski definition) is 4. The van der Waals surface area contributed by atoms with Crippen LogP contribution in [-0.4, -0.2) is 41.7 Å². The van der Waals surface area contributed by atoms with E-state index in [1.807, 2.05) is 19.1 Å². The first-order chi connectivity index (χ1) is 9.64. The fourth-order valence-corrected chi connectivity index (χ4v) is 2.67. The third-order valence-electron chi connectivity index (χ3n) is 4.12. The van der Waals surface area contributed by atoms with E-state index in [1.54, 1.807) is 12.1 Å². The second-order valence-corrected chi connectivity index (χ2v) is 5.64. The van der Waals surface area contributed by atoms with E-state index in [4.69, 9.17) is 0 Å². The lowest BCUT2D eigenvalue weighted by atomic mass is 9.92. The maximum atomic E-state index is 9.60. The summed E-state index contributed by atoms with van der Waals surface area (Å²) in [4.78, 5) is 2.30. The van der Waals surface area contributed by atoms with Gasteiger partial charge in [-0.2, -0.15) is 5.26 Å². The van der Waals surface area contributed by atoms with Gasteiger partial charge in [0, 0.05) is 19.6 Å². The number of nitrogens with one attached hydrogen (secondary N) is 1. The molecule has 1 saturated heterocycles. The molecule has 2 rings (SSSR count). The van der Waals surface area contributed by atoms with Crippen LogP contribution >= 0.6 is 0 Å². The highest BCUT2D eigenvalue weighted by Gasteiger charge is 2.31. The van der Waals surface area contributed by atoms with Crippen molar-refractivity contribution in [2.45, 2.75) is 31.7 Å². The lowest BCUT2D eigenvalue weighted by molar-refractivity contribution is 0.153. The van der Waals surface area contributed by atoms with Crippen molar-refractivity contribution in [3.63, 3.8) is 0 Å². The summed E-state index contributed by atoms with van der Waals surface area (Å²) >= 11 is 0. The van der Waals surface area contributed by atoms with Crippen molar-refractivity contribution in [3.05, 3.63) is 29.8 Å². The Bertz CT molecular complexity index is 458. The first-order valence-corrected chi connectivity index (χ1v) is 7.29. The summed E-state index contributed by atoms with van der Waals surface area (Å²) < 4.78 is 0. The molecule has 1 heterocycles. The minimum atomic E-state index is -0.413. The molecule has 0 saturated carbocycles. The van der Waals surface area contributed by atoms with E-state index in [2.05, 4.69) is 16.3 Å². The number of nitrogens with zero attached hydrogens (tertiary/aromatic N) is 2.